The molecule has 5 heteroatoms. The van der Waals surface area contributed by atoms with E-state index < -0.39 is 6.04 Å². The van der Waals surface area contributed by atoms with E-state index in [9.17, 15) is 4.79 Å². The number of primary amides is 1. The average molecular weight is 311 g/mol. The number of amides is 1. The molecule has 88 valence electrons. The predicted molar refractivity (Wildman–Crippen MR) is 74.0 cm³/mol. The summed E-state index contributed by atoms with van der Waals surface area (Å²) in [6.07, 6.45) is 0. The van der Waals surface area contributed by atoms with E-state index in [-0.39, 0.29) is 5.91 Å². The van der Waals surface area contributed by atoms with E-state index in [0.29, 0.717) is 0 Å². The molecule has 0 aliphatic heterocycles. The highest BCUT2D eigenvalue weighted by atomic mass is 79.9. The number of hydrogen-bond acceptors (Lipinski definition) is 3. The van der Waals surface area contributed by atoms with Crippen molar-refractivity contribution in [3.8, 4) is 0 Å². The first kappa shape index (κ1) is 12.1. The molecule has 17 heavy (non-hydrogen) atoms. The van der Waals surface area contributed by atoms with Crippen molar-refractivity contribution in [2.75, 3.05) is 5.32 Å². The van der Waals surface area contributed by atoms with E-state index in [1.165, 1.54) is 11.3 Å². The number of carbonyl (C=O) groups excluding carboxylic acids is 1. The lowest BCUT2D eigenvalue weighted by Crippen LogP contribution is -2.26. The van der Waals surface area contributed by atoms with Crippen LogP contribution in [0.4, 0.5) is 5.69 Å². The van der Waals surface area contributed by atoms with Crippen LogP contribution in [0.2, 0.25) is 0 Å². The maximum absolute atomic E-state index is 11.5. The molecule has 0 aliphatic carbocycles. The highest BCUT2D eigenvalue weighted by Gasteiger charge is 2.19. The fourth-order valence-electron chi connectivity index (χ4n) is 1.47. The van der Waals surface area contributed by atoms with E-state index in [1.54, 1.807) is 0 Å². The summed E-state index contributed by atoms with van der Waals surface area (Å²) in [6.45, 7) is 0. The fraction of sp³-hybridized carbons (Fsp3) is 0.0833. The topological polar surface area (TPSA) is 55.1 Å². The molecule has 0 fully saturated rings. The Morgan fingerprint density at radius 2 is 1.94 bits per heavy atom. The number of hydrogen-bond donors (Lipinski definition) is 2. The summed E-state index contributed by atoms with van der Waals surface area (Å²) in [7, 11) is 0. The summed E-state index contributed by atoms with van der Waals surface area (Å²) in [5.41, 5.74) is 6.29. The maximum Gasteiger partial charge on any atom is 0.245 e. The average Bonchev–Trinajstić information content (AvgIpc) is 2.73. The Balaban J connectivity index is 2.22. The van der Waals surface area contributed by atoms with Crippen molar-refractivity contribution >= 4 is 38.9 Å². The molecule has 2 rings (SSSR count). The molecule has 2 aromatic rings. The summed E-state index contributed by atoms with van der Waals surface area (Å²) in [5.74, 6) is -0.386. The minimum Gasteiger partial charge on any atom is -0.369 e. The van der Waals surface area contributed by atoms with Crippen molar-refractivity contribution in [1.29, 1.82) is 0 Å². The molecule has 0 spiro atoms. The van der Waals surface area contributed by atoms with Gasteiger partial charge in [-0.15, -0.1) is 11.3 Å². The lowest BCUT2D eigenvalue weighted by atomic mass is 10.2. The third-order valence-electron chi connectivity index (χ3n) is 2.25. The smallest absolute Gasteiger partial charge is 0.245 e. The van der Waals surface area contributed by atoms with Crippen LogP contribution < -0.4 is 11.1 Å². The lowest BCUT2D eigenvalue weighted by molar-refractivity contribution is -0.118. The summed E-state index contributed by atoms with van der Waals surface area (Å²) in [4.78, 5) is 12.4. The molecule has 0 aliphatic rings. The number of nitrogens with two attached hydrogens (primary N) is 1. The molecule has 1 aromatic carbocycles. The molecule has 1 amide bonds. The Bertz CT molecular complexity index is 512. The van der Waals surface area contributed by atoms with Crippen molar-refractivity contribution in [3.05, 3.63) is 51.1 Å². The normalized spacial score (nSPS) is 12.1. The zero-order valence-electron chi connectivity index (χ0n) is 8.89. The minimum atomic E-state index is -0.492. The number of thiophene rings is 1. The van der Waals surface area contributed by atoms with Gasteiger partial charge in [-0.2, -0.15) is 0 Å². The second-order valence-electron chi connectivity index (χ2n) is 3.49. The first-order chi connectivity index (χ1) is 8.16. The van der Waals surface area contributed by atoms with Crippen LogP contribution in [0.15, 0.2) is 46.3 Å². The van der Waals surface area contributed by atoms with Crippen LogP contribution in [0.1, 0.15) is 10.9 Å². The zero-order chi connectivity index (χ0) is 12.3. The first-order valence-corrected chi connectivity index (χ1v) is 6.64. The Kier molecular flexibility index (Phi) is 3.81. The molecule has 1 aromatic heterocycles. The van der Waals surface area contributed by atoms with Gasteiger partial charge in [0, 0.05) is 10.6 Å². The molecular formula is C12H11BrN2OS. The summed E-state index contributed by atoms with van der Waals surface area (Å²) < 4.78 is 0.980. The van der Waals surface area contributed by atoms with E-state index in [2.05, 4.69) is 21.2 Å². The van der Waals surface area contributed by atoms with Gasteiger partial charge in [0.2, 0.25) is 5.91 Å². The van der Waals surface area contributed by atoms with Crippen molar-refractivity contribution in [1.82, 2.24) is 0 Å². The summed E-state index contributed by atoms with van der Waals surface area (Å²) in [6, 6.07) is 12.8. The SMILES string of the molecule is NC(=O)C(Nc1ccccc1)c1ccc(Br)s1. The van der Waals surface area contributed by atoms with Gasteiger partial charge in [-0.1, -0.05) is 18.2 Å². The lowest BCUT2D eigenvalue weighted by Gasteiger charge is -2.14. The third-order valence-corrected chi connectivity index (χ3v) is 3.94. The van der Waals surface area contributed by atoms with Crippen LogP contribution in [0.25, 0.3) is 0 Å². The van der Waals surface area contributed by atoms with E-state index in [0.717, 1.165) is 14.4 Å². The number of halogens is 1. The molecule has 0 bridgehead atoms. The first-order valence-electron chi connectivity index (χ1n) is 5.03. The van der Waals surface area contributed by atoms with Gasteiger partial charge in [0.15, 0.2) is 0 Å². The molecule has 0 saturated carbocycles. The van der Waals surface area contributed by atoms with Crippen LogP contribution in [0, 0.1) is 0 Å². The van der Waals surface area contributed by atoms with Gasteiger partial charge < -0.3 is 11.1 Å². The highest BCUT2D eigenvalue weighted by molar-refractivity contribution is 9.11. The Hall–Kier alpha value is -1.33. The van der Waals surface area contributed by atoms with Crippen LogP contribution in [0.3, 0.4) is 0 Å². The molecule has 1 unspecified atom stereocenters. The molecule has 1 heterocycles. The number of rotatable bonds is 4. The zero-order valence-corrected chi connectivity index (χ0v) is 11.3. The molecule has 3 nitrogen and oxygen atoms in total. The molecule has 1 atom stereocenters. The van der Waals surface area contributed by atoms with E-state index in [1.807, 2.05) is 42.5 Å². The number of anilines is 1. The standard InChI is InChI=1S/C12H11BrN2OS/c13-10-7-6-9(17-10)11(12(14)16)15-8-4-2-1-3-5-8/h1-7,11,15H,(H2,14,16). The highest BCUT2D eigenvalue weighted by Crippen LogP contribution is 2.29. The van der Waals surface area contributed by atoms with Gasteiger partial charge in [-0.25, -0.2) is 0 Å². The number of nitrogens with one attached hydrogen (secondary N) is 1. The van der Waals surface area contributed by atoms with Crippen molar-refractivity contribution in [3.63, 3.8) is 0 Å². The van der Waals surface area contributed by atoms with Gasteiger partial charge in [0.1, 0.15) is 6.04 Å². The van der Waals surface area contributed by atoms with Gasteiger partial charge in [-0.05, 0) is 40.2 Å². The maximum atomic E-state index is 11.5. The largest absolute Gasteiger partial charge is 0.369 e. The Morgan fingerprint density at radius 1 is 1.24 bits per heavy atom. The van der Waals surface area contributed by atoms with Crippen LogP contribution in [-0.4, -0.2) is 5.91 Å². The van der Waals surface area contributed by atoms with Gasteiger partial charge >= 0.3 is 0 Å². The predicted octanol–water partition coefficient (Wildman–Crippen LogP) is 3.15. The quantitative estimate of drug-likeness (QED) is 0.911. The third kappa shape index (κ3) is 3.08. The second-order valence-corrected chi connectivity index (χ2v) is 5.98. The summed E-state index contributed by atoms with van der Waals surface area (Å²) in [5, 5.41) is 3.12. The Morgan fingerprint density at radius 3 is 2.47 bits per heavy atom. The Labute approximate surface area is 112 Å². The number of benzene rings is 1. The van der Waals surface area contributed by atoms with Crippen molar-refractivity contribution < 1.29 is 4.79 Å². The molecule has 0 saturated heterocycles. The minimum absolute atomic E-state index is 0.386. The van der Waals surface area contributed by atoms with Crippen molar-refractivity contribution in [2.45, 2.75) is 6.04 Å². The molecule has 3 N–H and O–H groups in total. The molecule has 0 radical (unpaired) electrons. The van der Waals surface area contributed by atoms with Gasteiger partial charge in [-0.3, -0.25) is 4.79 Å². The van der Waals surface area contributed by atoms with E-state index >= 15 is 0 Å². The fourth-order valence-corrected chi connectivity index (χ4v) is 2.95. The number of para-hydroxylation sites is 1. The second kappa shape index (κ2) is 5.33. The number of carbonyl (C=O) groups is 1. The molecular weight excluding hydrogens is 300 g/mol. The summed E-state index contributed by atoms with van der Waals surface area (Å²) >= 11 is 4.87. The van der Waals surface area contributed by atoms with Crippen LogP contribution in [0.5, 0.6) is 0 Å². The van der Waals surface area contributed by atoms with Gasteiger partial charge in [0.05, 0.1) is 3.79 Å². The van der Waals surface area contributed by atoms with E-state index in [4.69, 9.17) is 5.73 Å². The van der Waals surface area contributed by atoms with Gasteiger partial charge in [0.25, 0.3) is 0 Å². The van der Waals surface area contributed by atoms with Crippen LogP contribution in [-0.2, 0) is 4.79 Å². The monoisotopic (exact) mass is 310 g/mol. The van der Waals surface area contributed by atoms with Crippen molar-refractivity contribution in [2.24, 2.45) is 5.73 Å². The van der Waals surface area contributed by atoms with Crippen LogP contribution >= 0.6 is 27.3 Å².